The summed E-state index contributed by atoms with van der Waals surface area (Å²) < 4.78 is 5.46. The summed E-state index contributed by atoms with van der Waals surface area (Å²) in [5.41, 5.74) is 1.05. The van der Waals surface area contributed by atoms with Crippen LogP contribution < -0.4 is 5.32 Å². The summed E-state index contributed by atoms with van der Waals surface area (Å²) in [7, 11) is 0. The summed E-state index contributed by atoms with van der Waals surface area (Å²) in [5.74, 6) is 0. The molecular weight excluding hydrogens is 285 g/mol. The van der Waals surface area contributed by atoms with Crippen molar-refractivity contribution in [3.63, 3.8) is 0 Å². The minimum atomic E-state index is 0.0554. The molecule has 0 bridgehead atoms. The number of halogens is 2. The number of hydrogen-bond acceptors (Lipinski definition) is 3. The molecule has 106 valence electrons. The zero-order valence-electron chi connectivity index (χ0n) is 10.8. The van der Waals surface area contributed by atoms with Gasteiger partial charge in [0, 0.05) is 31.7 Å². The average molecular weight is 304 g/mol. The highest BCUT2D eigenvalue weighted by molar-refractivity contribution is 6.42. The number of hydrogen-bond donors (Lipinski definition) is 2. The summed E-state index contributed by atoms with van der Waals surface area (Å²) in [6, 6.07) is 5.64. The first-order valence-electron chi connectivity index (χ1n) is 6.49. The number of rotatable bonds is 6. The van der Waals surface area contributed by atoms with Crippen molar-refractivity contribution in [1.82, 2.24) is 5.32 Å². The molecule has 1 atom stereocenters. The van der Waals surface area contributed by atoms with Crippen LogP contribution in [0.25, 0.3) is 0 Å². The standard InChI is InChI=1S/C14H19Cl2NO2/c15-12-3-1-2-11(13(12)16)8-17-9-14(4-6-18)5-7-19-10-14/h1-3,17-18H,4-10H2. The SMILES string of the molecule is OCCC1(CNCc2cccc(Cl)c2Cl)CCOC1. The Morgan fingerprint density at radius 1 is 1.37 bits per heavy atom. The molecule has 19 heavy (non-hydrogen) atoms. The van der Waals surface area contributed by atoms with Crippen LogP contribution >= 0.6 is 23.2 Å². The largest absolute Gasteiger partial charge is 0.396 e. The van der Waals surface area contributed by atoms with E-state index >= 15 is 0 Å². The fourth-order valence-electron chi connectivity index (χ4n) is 2.46. The van der Waals surface area contributed by atoms with Crippen molar-refractivity contribution in [2.75, 3.05) is 26.4 Å². The Bertz CT molecular complexity index is 420. The molecule has 3 nitrogen and oxygen atoms in total. The first-order chi connectivity index (χ1) is 9.17. The van der Waals surface area contributed by atoms with E-state index < -0.39 is 0 Å². The molecule has 2 N–H and O–H groups in total. The molecule has 0 radical (unpaired) electrons. The van der Waals surface area contributed by atoms with E-state index in [4.69, 9.17) is 33.0 Å². The lowest BCUT2D eigenvalue weighted by atomic mass is 9.84. The van der Waals surface area contributed by atoms with Crippen molar-refractivity contribution < 1.29 is 9.84 Å². The molecule has 0 saturated carbocycles. The monoisotopic (exact) mass is 303 g/mol. The topological polar surface area (TPSA) is 41.5 Å². The highest BCUT2D eigenvalue weighted by Gasteiger charge is 2.33. The Morgan fingerprint density at radius 3 is 2.89 bits per heavy atom. The third-order valence-electron chi connectivity index (χ3n) is 3.67. The van der Waals surface area contributed by atoms with Crippen molar-refractivity contribution in [3.8, 4) is 0 Å². The summed E-state index contributed by atoms with van der Waals surface area (Å²) in [4.78, 5) is 0. The van der Waals surface area contributed by atoms with E-state index in [1.165, 1.54) is 0 Å². The van der Waals surface area contributed by atoms with Gasteiger partial charge >= 0.3 is 0 Å². The molecule has 1 unspecified atom stereocenters. The molecule has 0 aliphatic carbocycles. The van der Waals surface area contributed by atoms with Crippen molar-refractivity contribution in [1.29, 1.82) is 0 Å². The lowest BCUT2D eigenvalue weighted by molar-refractivity contribution is 0.124. The van der Waals surface area contributed by atoms with Crippen LogP contribution in [0.2, 0.25) is 10.0 Å². The van der Waals surface area contributed by atoms with E-state index in [2.05, 4.69) is 5.32 Å². The minimum absolute atomic E-state index is 0.0554. The Kier molecular flexibility index (Phi) is 5.48. The highest BCUT2D eigenvalue weighted by atomic mass is 35.5. The Balaban J connectivity index is 1.90. The Hall–Kier alpha value is -0.320. The van der Waals surface area contributed by atoms with Crippen molar-refractivity contribution >= 4 is 23.2 Å². The number of ether oxygens (including phenoxy) is 1. The average Bonchev–Trinajstić information content (AvgIpc) is 2.84. The normalized spacial score (nSPS) is 22.9. The molecule has 2 rings (SSSR count). The second-order valence-corrected chi connectivity index (χ2v) is 5.88. The fourth-order valence-corrected chi connectivity index (χ4v) is 2.85. The maximum atomic E-state index is 9.17. The van der Waals surface area contributed by atoms with Gasteiger partial charge in [0.25, 0.3) is 0 Å². The van der Waals surface area contributed by atoms with Crippen molar-refractivity contribution in [3.05, 3.63) is 33.8 Å². The summed E-state index contributed by atoms with van der Waals surface area (Å²) >= 11 is 12.1. The van der Waals surface area contributed by atoms with Gasteiger partial charge in [0.1, 0.15) is 0 Å². The van der Waals surface area contributed by atoms with Crippen LogP contribution in [0.1, 0.15) is 18.4 Å². The summed E-state index contributed by atoms with van der Waals surface area (Å²) in [5, 5.41) is 13.8. The fraction of sp³-hybridized carbons (Fsp3) is 0.571. The van der Waals surface area contributed by atoms with Crippen LogP contribution in [0.15, 0.2) is 18.2 Å². The first kappa shape index (κ1) is 15.1. The van der Waals surface area contributed by atoms with Crippen LogP contribution in [0.3, 0.4) is 0 Å². The molecule has 1 saturated heterocycles. The van der Waals surface area contributed by atoms with E-state index in [1.807, 2.05) is 12.1 Å². The van der Waals surface area contributed by atoms with E-state index in [1.54, 1.807) is 6.07 Å². The lowest BCUT2D eigenvalue weighted by Gasteiger charge is -2.27. The maximum Gasteiger partial charge on any atom is 0.0637 e. The van der Waals surface area contributed by atoms with Gasteiger partial charge in [-0.3, -0.25) is 0 Å². The third-order valence-corrected chi connectivity index (χ3v) is 4.53. The molecule has 1 heterocycles. The highest BCUT2D eigenvalue weighted by Crippen LogP contribution is 2.32. The molecule has 0 aromatic heterocycles. The smallest absolute Gasteiger partial charge is 0.0637 e. The molecule has 1 aliphatic rings. The van der Waals surface area contributed by atoms with Gasteiger partial charge in [-0.25, -0.2) is 0 Å². The molecule has 1 aliphatic heterocycles. The summed E-state index contributed by atoms with van der Waals surface area (Å²) in [6.07, 6.45) is 1.76. The van der Waals surface area contributed by atoms with Gasteiger partial charge in [-0.15, -0.1) is 0 Å². The summed E-state index contributed by atoms with van der Waals surface area (Å²) in [6.45, 7) is 3.18. The molecule has 5 heteroatoms. The quantitative estimate of drug-likeness (QED) is 0.849. The number of benzene rings is 1. The van der Waals surface area contributed by atoms with Crippen LogP contribution in [-0.4, -0.2) is 31.5 Å². The van der Waals surface area contributed by atoms with Gasteiger partial charge in [0.05, 0.1) is 16.7 Å². The number of aliphatic hydroxyl groups is 1. The molecule has 0 amide bonds. The van der Waals surface area contributed by atoms with Gasteiger partial charge in [-0.2, -0.15) is 0 Å². The Labute approximate surface area is 123 Å². The van der Waals surface area contributed by atoms with Gasteiger partial charge in [-0.1, -0.05) is 35.3 Å². The van der Waals surface area contributed by atoms with E-state index in [0.717, 1.165) is 31.6 Å². The Morgan fingerprint density at radius 2 is 2.21 bits per heavy atom. The van der Waals surface area contributed by atoms with Crippen molar-refractivity contribution in [2.45, 2.75) is 19.4 Å². The van der Waals surface area contributed by atoms with Gasteiger partial charge in [0.15, 0.2) is 0 Å². The predicted molar refractivity (Wildman–Crippen MR) is 77.7 cm³/mol. The van der Waals surface area contributed by atoms with Crippen LogP contribution in [0.4, 0.5) is 0 Å². The van der Waals surface area contributed by atoms with Gasteiger partial charge in [0.2, 0.25) is 0 Å². The lowest BCUT2D eigenvalue weighted by Crippen LogP contribution is -2.35. The second kappa shape index (κ2) is 6.91. The molecule has 1 aromatic rings. The van der Waals surface area contributed by atoms with E-state index in [9.17, 15) is 0 Å². The molecule has 0 spiro atoms. The minimum Gasteiger partial charge on any atom is -0.396 e. The second-order valence-electron chi connectivity index (χ2n) is 5.09. The molecule has 1 fully saturated rings. The third kappa shape index (κ3) is 3.83. The first-order valence-corrected chi connectivity index (χ1v) is 7.25. The molecule has 1 aromatic carbocycles. The maximum absolute atomic E-state index is 9.17. The predicted octanol–water partition coefficient (Wildman–Crippen LogP) is 2.87. The van der Waals surface area contributed by atoms with Crippen LogP contribution in [0, 0.1) is 5.41 Å². The molecular formula is C14H19Cl2NO2. The number of nitrogens with one attached hydrogen (secondary N) is 1. The van der Waals surface area contributed by atoms with Gasteiger partial charge in [-0.05, 0) is 24.5 Å². The van der Waals surface area contributed by atoms with E-state index in [-0.39, 0.29) is 12.0 Å². The van der Waals surface area contributed by atoms with Crippen LogP contribution in [0.5, 0.6) is 0 Å². The van der Waals surface area contributed by atoms with Crippen LogP contribution in [-0.2, 0) is 11.3 Å². The van der Waals surface area contributed by atoms with E-state index in [0.29, 0.717) is 23.2 Å². The zero-order chi connectivity index (χ0) is 13.7. The van der Waals surface area contributed by atoms with Gasteiger partial charge < -0.3 is 15.2 Å². The zero-order valence-corrected chi connectivity index (χ0v) is 12.3. The number of aliphatic hydroxyl groups excluding tert-OH is 1. The van der Waals surface area contributed by atoms with Crippen molar-refractivity contribution in [2.24, 2.45) is 5.41 Å².